The van der Waals surface area contributed by atoms with E-state index in [9.17, 15) is 18.0 Å². The lowest BCUT2D eigenvalue weighted by molar-refractivity contribution is -0.0881. The van der Waals surface area contributed by atoms with Crippen molar-refractivity contribution in [2.45, 2.75) is 33.6 Å². The highest BCUT2D eigenvalue weighted by molar-refractivity contribution is 5.95. The molecule has 0 aliphatic carbocycles. The Bertz CT molecular complexity index is 1340. The molecule has 3 rings (SSSR count). The molecule has 216 valence electrons. The molecule has 0 atom stereocenters. The molecule has 2 heterocycles. The van der Waals surface area contributed by atoms with Crippen molar-refractivity contribution in [3.05, 3.63) is 77.9 Å². The van der Waals surface area contributed by atoms with Gasteiger partial charge < -0.3 is 19.5 Å². The van der Waals surface area contributed by atoms with Crippen LogP contribution in [0.4, 0.5) is 13.2 Å². The number of amides is 1. The second kappa shape index (κ2) is 14.8. The van der Waals surface area contributed by atoms with Gasteiger partial charge in [0.05, 0.1) is 28.8 Å². The Labute approximate surface area is 232 Å². The van der Waals surface area contributed by atoms with Gasteiger partial charge >= 0.3 is 6.18 Å². The van der Waals surface area contributed by atoms with Crippen molar-refractivity contribution < 1.29 is 27.2 Å². The monoisotopic (exact) mass is 560 g/mol. The van der Waals surface area contributed by atoms with Crippen LogP contribution < -0.4 is 5.32 Å². The molecule has 0 fully saturated rings. The first kappa shape index (κ1) is 32.0. The van der Waals surface area contributed by atoms with E-state index in [1.165, 1.54) is 19.2 Å². The number of allylic oxidation sites excluding steroid dienone is 5. The smallest absolute Gasteiger partial charge is 0.416 e. The van der Waals surface area contributed by atoms with Crippen LogP contribution in [-0.2, 0) is 18.4 Å². The number of benzene rings is 1. The van der Waals surface area contributed by atoms with Crippen LogP contribution in [0, 0.1) is 0 Å². The van der Waals surface area contributed by atoms with Gasteiger partial charge in [-0.25, -0.2) is 0 Å². The summed E-state index contributed by atoms with van der Waals surface area (Å²) in [6.07, 6.45) is -0.117. The van der Waals surface area contributed by atoms with E-state index in [0.717, 1.165) is 12.2 Å². The van der Waals surface area contributed by atoms with Crippen LogP contribution in [0.25, 0.3) is 22.8 Å². The zero-order valence-electron chi connectivity index (χ0n) is 23.5. The largest absolute Gasteiger partial charge is 0.492 e. The number of rotatable bonds is 11. The maximum absolute atomic E-state index is 12.9. The third kappa shape index (κ3) is 8.94. The van der Waals surface area contributed by atoms with E-state index in [1.54, 1.807) is 36.0 Å². The van der Waals surface area contributed by atoms with E-state index in [-0.39, 0.29) is 30.0 Å². The summed E-state index contributed by atoms with van der Waals surface area (Å²) < 4.78 is 51.2. The maximum Gasteiger partial charge on any atom is 0.416 e. The van der Waals surface area contributed by atoms with Crippen molar-refractivity contribution in [2.75, 3.05) is 27.2 Å². The molecule has 40 heavy (non-hydrogen) atoms. The molecular weight excluding hydrogens is 525 g/mol. The highest BCUT2D eigenvalue weighted by atomic mass is 19.4. The Kier molecular flexibility index (Phi) is 11.9. The number of ether oxygens (including phenoxy) is 1. The van der Waals surface area contributed by atoms with E-state index in [0.29, 0.717) is 35.5 Å². The minimum Gasteiger partial charge on any atom is -0.492 e. The van der Waals surface area contributed by atoms with Crippen LogP contribution in [0.3, 0.4) is 0 Å². The Hall–Kier alpha value is -4.19. The minimum absolute atomic E-state index is 0.00222. The highest BCUT2D eigenvalue weighted by Crippen LogP contribution is 2.28. The molecule has 12 heteroatoms. The van der Waals surface area contributed by atoms with Crippen LogP contribution in [-0.4, -0.2) is 64.1 Å². The predicted molar refractivity (Wildman–Crippen MR) is 147 cm³/mol. The van der Waals surface area contributed by atoms with E-state index in [4.69, 9.17) is 9.26 Å². The lowest BCUT2D eigenvalue weighted by atomic mass is 10.1. The fourth-order valence-electron chi connectivity index (χ4n) is 3.27. The molecule has 1 amide bonds. The van der Waals surface area contributed by atoms with Crippen molar-refractivity contribution in [1.82, 2.24) is 30.1 Å². The van der Waals surface area contributed by atoms with Crippen LogP contribution in [0.1, 0.15) is 36.8 Å². The normalized spacial score (nSPS) is 12.2. The SMILES string of the molecule is C=C/C(=C\C=C(/C)OCc1c(-c2nc(-c3cccc(C(=O)NCCN(C)C)c3)no2)cnn1C)C(F)(F)F.CC. The van der Waals surface area contributed by atoms with E-state index < -0.39 is 11.7 Å². The second-order valence-corrected chi connectivity index (χ2v) is 8.58. The second-order valence-electron chi connectivity index (χ2n) is 8.58. The minimum atomic E-state index is -4.50. The van der Waals surface area contributed by atoms with Crippen LogP contribution in [0.15, 0.2) is 71.1 Å². The summed E-state index contributed by atoms with van der Waals surface area (Å²) in [5.74, 6) is 0.509. The summed E-state index contributed by atoms with van der Waals surface area (Å²) in [5, 5.41) is 11.1. The summed E-state index contributed by atoms with van der Waals surface area (Å²) in [4.78, 5) is 18.9. The Morgan fingerprint density at radius 3 is 2.62 bits per heavy atom. The number of halogens is 3. The average molecular weight is 561 g/mol. The van der Waals surface area contributed by atoms with Crippen molar-refractivity contribution in [2.24, 2.45) is 7.05 Å². The van der Waals surface area contributed by atoms with Gasteiger partial charge in [-0.15, -0.1) is 0 Å². The number of aryl methyl sites for hydroxylation is 1. The molecule has 0 saturated heterocycles. The third-order valence-electron chi connectivity index (χ3n) is 5.43. The number of alkyl halides is 3. The molecule has 9 nitrogen and oxygen atoms in total. The number of carbonyl (C=O) groups is 1. The Morgan fingerprint density at radius 2 is 1.98 bits per heavy atom. The zero-order valence-corrected chi connectivity index (χ0v) is 23.5. The van der Waals surface area contributed by atoms with E-state index in [1.807, 2.05) is 32.8 Å². The summed E-state index contributed by atoms with van der Waals surface area (Å²) in [7, 11) is 5.54. The molecule has 2 aromatic heterocycles. The average Bonchev–Trinajstić information content (AvgIpc) is 3.54. The standard InChI is InChI=1S/C26H29F3N6O3.C2H6/c1-6-20(26(27,28)29)11-10-17(2)37-16-22-21(15-31-35(22)5)25-32-23(33-38-25)18-8-7-9-19(14-18)24(36)30-12-13-34(3)4;1-2/h6-11,14-15H,1,12-13,16H2,2-5H3,(H,30,36);1-2H3/b17-10+,20-11+;. The number of likely N-dealkylation sites (N-methyl/N-ethyl adjacent to an activating group) is 1. The first-order chi connectivity index (χ1) is 19.0. The van der Waals surface area contributed by atoms with Crippen molar-refractivity contribution in [3.8, 4) is 22.8 Å². The maximum atomic E-state index is 12.9. The number of carbonyl (C=O) groups excluding carboxylic acids is 1. The number of nitrogens with zero attached hydrogens (tertiary/aromatic N) is 5. The first-order valence-corrected chi connectivity index (χ1v) is 12.6. The molecule has 0 aliphatic rings. The van der Waals surface area contributed by atoms with Gasteiger partial charge in [0.25, 0.3) is 11.8 Å². The number of nitrogens with one attached hydrogen (secondary N) is 1. The topological polar surface area (TPSA) is 98.3 Å². The van der Waals surface area contributed by atoms with Gasteiger partial charge in [0.1, 0.15) is 6.61 Å². The Balaban J connectivity index is 0.00000274. The molecule has 0 aliphatic heterocycles. The van der Waals surface area contributed by atoms with E-state index >= 15 is 0 Å². The lowest BCUT2D eigenvalue weighted by Gasteiger charge is -2.10. The summed E-state index contributed by atoms with van der Waals surface area (Å²) in [6, 6.07) is 6.87. The first-order valence-electron chi connectivity index (χ1n) is 12.6. The van der Waals surface area contributed by atoms with Gasteiger partial charge in [-0.05, 0) is 45.3 Å². The van der Waals surface area contributed by atoms with Crippen molar-refractivity contribution in [1.29, 1.82) is 0 Å². The van der Waals surface area contributed by atoms with Crippen LogP contribution in [0.2, 0.25) is 0 Å². The van der Waals surface area contributed by atoms with Crippen LogP contribution in [0.5, 0.6) is 0 Å². The quantitative estimate of drug-likeness (QED) is 0.243. The Morgan fingerprint density at radius 1 is 1.25 bits per heavy atom. The lowest BCUT2D eigenvalue weighted by Crippen LogP contribution is -2.31. The molecule has 0 unspecified atom stereocenters. The molecule has 0 spiro atoms. The molecular formula is C28H35F3N6O3. The number of aromatic nitrogens is 4. The number of hydrogen-bond acceptors (Lipinski definition) is 7. The third-order valence-corrected chi connectivity index (χ3v) is 5.43. The molecule has 0 bridgehead atoms. The molecule has 0 radical (unpaired) electrons. The van der Waals surface area contributed by atoms with Gasteiger partial charge in [0, 0.05) is 31.3 Å². The van der Waals surface area contributed by atoms with Gasteiger partial charge in [-0.2, -0.15) is 23.3 Å². The fourth-order valence-corrected chi connectivity index (χ4v) is 3.27. The number of hydrogen-bond donors (Lipinski definition) is 1. The zero-order chi connectivity index (χ0) is 29.9. The summed E-state index contributed by atoms with van der Waals surface area (Å²) in [6.45, 7) is 9.95. The molecule has 1 N–H and O–H groups in total. The highest BCUT2D eigenvalue weighted by Gasteiger charge is 2.30. The summed E-state index contributed by atoms with van der Waals surface area (Å²) >= 11 is 0. The van der Waals surface area contributed by atoms with Crippen molar-refractivity contribution in [3.63, 3.8) is 0 Å². The van der Waals surface area contributed by atoms with Crippen LogP contribution >= 0.6 is 0 Å². The van der Waals surface area contributed by atoms with Gasteiger partial charge in [0.2, 0.25) is 5.82 Å². The van der Waals surface area contributed by atoms with Gasteiger partial charge in [0.15, 0.2) is 0 Å². The van der Waals surface area contributed by atoms with E-state index in [2.05, 4.69) is 27.1 Å². The molecule has 3 aromatic rings. The molecule has 1 aromatic carbocycles. The predicted octanol–water partition coefficient (Wildman–Crippen LogP) is 5.55. The van der Waals surface area contributed by atoms with Crippen molar-refractivity contribution >= 4 is 5.91 Å². The molecule has 0 saturated carbocycles. The van der Waals surface area contributed by atoms with Gasteiger partial charge in [-0.1, -0.05) is 43.8 Å². The summed E-state index contributed by atoms with van der Waals surface area (Å²) in [5.41, 5.74) is 1.26. The van der Waals surface area contributed by atoms with Gasteiger partial charge in [-0.3, -0.25) is 9.48 Å². The fraction of sp³-hybridized carbons (Fsp3) is 0.357.